The third kappa shape index (κ3) is 2.79. The first-order chi connectivity index (χ1) is 10.2. The van der Waals surface area contributed by atoms with Gasteiger partial charge in [-0.2, -0.15) is 15.0 Å². The van der Waals surface area contributed by atoms with Crippen LogP contribution in [-0.4, -0.2) is 35.1 Å². The van der Waals surface area contributed by atoms with Crippen LogP contribution in [0.15, 0.2) is 18.2 Å². The summed E-state index contributed by atoms with van der Waals surface area (Å²) in [6, 6.07) is 4.91. The van der Waals surface area contributed by atoms with Crippen LogP contribution in [0.5, 0.6) is 0 Å². The third-order valence-electron chi connectivity index (χ3n) is 3.65. The van der Waals surface area contributed by atoms with Crippen molar-refractivity contribution in [1.29, 1.82) is 0 Å². The number of hydrogen-bond acceptors (Lipinski definition) is 5. The summed E-state index contributed by atoms with van der Waals surface area (Å²) in [5, 5.41) is 2.96. The van der Waals surface area contributed by atoms with E-state index >= 15 is 0 Å². The molecule has 1 aromatic carbocycles. The Kier molecular flexibility index (Phi) is 3.68. The Morgan fingerprint density at radius 2 is 1.90 bits per heavy atom. The molecule has 0 atom stereocenters. The summed E-state index contributed by atoms with van der Waals surface area (Å²) in [7, 11) is 1.78. The molecular formula is C15H18FN5. The van der Waals surface area contributed by atoms with Gasteiger partial charge in [0.15, 0.2) is 5.82 Å². The van der Waals surface area contributed by atoms with E-state index in [9.17, 15) is 4.39 Å². The number of aryl methyl sites for hydroxylation is 1. The number of nitrogens with one attached hydrogen (secondary N) is 1. The second kappa shape index (κ2) is 5.63. The lowest BCUT2D eigenvalue weighted by molar-refractivity contribution is 0.618. The molecular weight excluding hydrogens is 269 g/mol. The minimum Gasteiger partial charge on any atom is -0.357 e. The lowest BCUT2D eigenvalue weighted by Gasteiger charge is -2.16. The van der Waals surface area contributed by atoms with Crippen LogP contribution in [0.2, 0.25) is 0 Å². The third-order valence-corrected chi connectivity index (χ3v) is 3.65. The number of halogens is 1. The van der Waals surface area contributed by atoms with E-state index in [1.807, 2.05) is 0 Å². The van der Waals surface area contributed by atoms with Crippen molar-refractivity contribution in [3.8, 4) is 11.4 Å². The van der Waals surface area contributed by atoms with E-state index in [1.165, 1.54) is 6.07 Å². The van der Waals surface area contributed by atoms with Crippen LogP contribution in [0, 0.1) is 12.7 Å². The van der Waals surface area contributed by atoms with Gasteiger partial charge in [-0.05, 0) is 43.5 Å². The van der Waals surface area contributed by atoms with Crippen LogP contribution < -0.4 is 10.2 Å². The Balaban J connectivity index is 2.04. The summed E-state index contributed by atoms with van der Waals surface area (Å²) < 4.78 is 13.4. The SMILES string of the molecule is CNc1nc(-c2ccc(F)c(C)c2)nc(N2CCCC2)n1. The average Bonchev–Trinajstić information content (AvgIpc) is 3.04. The number of rotatable bonds is 3. The maximum absolute atomic E-state index is 13.4. The van der Waals surface area contributed by atoms with Gasteiger partial charge < -0.3 is 10.2 Å². The molecule has 21 heavy (non-hydrogen) atoms. The molecule has 0 unspecified atom stereocenters. The number of aromatic nitrogens is 3. The zero-order valence-electron chi connectivity index (χ0n) is 12.2. The van der Waals surface area contributed by atoms with Crippen molar-refractivity contribution < 1.29 is 4.39 Å². The van der Waals surface area contributed by atoms with Gasteiger partial charge in [0.1, 0.15) is 5.82 Å². The van der Waals surface area contributed by atoms with Crippen LogP contribution in [0.3, 0.4) is 0 Å². The van der Waals surface area contributed by atoms with Crippen molar-refractivity contribution in [2.45, 2.75) is 19.8 Å². The van der Waals surface area contributed by atoms with E-state index in [2.05, 4.69) is 25.2 Å². The first-order valence-corrected chi connectivity index (χ1v) is 7.12. The molecule has 5 nitrogen and oxygen atoms in total. The van der Waals surface area contributed by atoms with Gasteiger partial charge >= 0.3 is 0 Å². The monoisotopic (exact) mass is 287 g/mol. The Morgan fingerprint density at radius 3 is 2.57 bits per heavy atom. The number of hydrogen-bond donors (Lipinski definition) is 1. The molecule has 110 valence electrons. The van der Waals surface area contributed by atoms with Crippen molar-refractivity contribution in [1.82, 2.24) is 15.0 Å². The Hall–Kier alpha value is -2.24. The van der Waals surface area contributed by atoms with Crippen molar-refractivity contribution in [3.63, 3.8) is 0 Å². The molecule has 2 heterocycles. The molecule has 1 aliphatic heterocycles. The minimum absolute atomic E-state index is 0.221. The van der Waals surface area contributed by atoms with E-state index < -0.39 is 0 Å². The first kappa shape index (κ1) is 13.7. The molecule has 6 heteroatoms. The standard InChI is InChI=1S/C15H18FN5/c1-10-9-11(5-6-12(10)16)13-18-14(17-2)20-15(19-13)21-7-3-4-8-21/h5-6,9H,3-4,7-8H2,1-2H3,(H,17,18,19,20). The van der Waals surface area contributed by atoms with Crippen molar-refractivity contribution in [2.24, 2.45) is 0 Å². The predicted molar refractivity (Wildman–Crippen MR) is 81.0 cm³/mol. The number of nitrogens with zero attached hydrogens (tertiary/aromatic N) is 4. The molecule has 0 bridgehead atoms. The molecule has 1 N–H and O–H groups in total. The summed E-state index contributed by atoms with van der Waals surface area (Å²) in [6.45, 7) is 3.67. The van der Waals surface area contributed by atoms with Gasteiger partial charge in [0, 0.05) is 25.7 Å². The molecule has 0 spiro atoms. The zero-order valence-corrected chi connectivity index (χ0v) is 12.2. The summed E-state index contributed by atoms with van der Waals surface area (Å²) >= 11 is 0. The van der Waals surface area contributed by atoms with Gasteiger partial charge in [0.2, 0.25) is 11.9 Å². The number of benzene rings is 1. The summed E-state index contributed by atoms with van der Waals surface area (Å²) in [5.41, 5.74) is 1.38. The molecule has 1 aromatic heterocycles. The van der Waals surface area contributed by atoms with Crippen molar-refractivity contribution >= 4 is 11.9 Å². The molecule has 2 aromatic rings. The van der Waals surface area contributed by atoms with Crippen LogP contribution in [0.1, 0.15) is 18.4 Å². The Morgan fingerprint density at radius 1 is 1.14 bits per heavy atom. The fourth-order valence-electron chi connectivity index (χ4n) is 2.45. The van der Waals surface area contributed by atoms with Crippen LogP contribution >= 0.6 is 0 Å². The summed E-state index contributed by atoms with van der Waals surface area (Å²) in [5.74, 6) is 1.56. The van der Waals surface area contributed by atoms with Gasteiger partial charge in [0.25, 0.3) is 0 Å². The van der Waals surface area contributed by atoms with E-state index in [4.69, 9.17) is 0 Å². The zero-order chi connectivity index (χ0) is 14.8. The highest BCUT2D eigenvalue weighted by Gasteiger charge is 2.17. The van der Waals surface area contributed by atoms with E-state index in [-0.39, 0.29) is 5.82 Å². The van der Waals surface area contributed by atoms with Crippen LogP contribution in [0.25, 0.3) is 11.4 Å². The fourth-order valence-corrected chi connectivity index (χ4v) is 2.45. The van der Waals surface area contributed by atoms with Gasteiger partial charge in [-0.15, -0.1) is 0 Å². The minimum atomic E-state index is -0.221. The molecule has 1 aliphatic rings. The summed E-state index contributed by atoms with van der Waals surface area (Å²) in [4.78, 5) is 15.5. The Labute approximate surface area is 123 Å². The highest BCUT2D eigenvalue weighted by molar-refractivity contribution is 5.59. The second-order valence-corrected chi connectivity index (χ2v) is 5.19. The van der Waals surface area contributed by atoms with Crippen LogP contribution in [-0.2, 0) is 0 Å². The lowest BCUT2D eigenvalue weighted by Crippen LogP contribution is -2.21. The smallest absolute Gasteiger partial charge is 0.230 e. The molecule has 0 saturated carbocycles. The van der Waals surface area contributed by atoms with E-state index in [0.717, 1.165) is 31.5 Å². The quantitative estimate of drug-likeness (QED) is 0.940. The highest BCUT2D eigenvalue weighted by Crippen LogP contribution is 2.23. The molecule has 0 aliphatic carbocycles. The maximum atomic E-state index is 13.4. The summed E-state index contributed by atoms with van der Waals surface area (Å²) in [6.07, 6.45) is 2.32. The molecule has 0 amide bonds. The van der Waals surface area contributed by atoms with Gasteiger partial charge in [-0.25, -0.2) is 4.39 Å². The Bertz CT molecular complexity index is 653. The lowest BCUT2D eigenvalue weighted by atomic mass is 10.1. The maximum Gasteiger partial charge on any atom is 0.230 e. The normalized spacial score (nSPS) is 14.5. The fraction of sp³-hybridized carbons (Fsp3) is 0.400. The average molecular weight is 287 g/mol. The predicted octanol–water partition coefficient (Wildman–Crippen LogP) is 2.63. The second-order valence-electron chi connectivity index (χ2n) is 5.19. The van der Waals surface area contributed by atoms with Gasteiger partial charge in [0.05, 0.1) is 0 Å². The molecule has 1 fully saturated rings. The van der Waals surface area contributed by atoms with Crippen LogP contribution in [0.4, 0.5) is 16.3 Å². The molecule has 3 rings (SSSR count). The molecule has 1 saturated heterocycles. The highest BCUT2D eigenvalue weighted by atomic mass is 19.1. The van der Waals surface area contributed by atoms with E-state index in [1.54, 1.807) is 26.1 Å². The van der Waals surface area contributed by atoms with Gasteiger partial charge in [-0.1, -0.05) is 0 Å². The topological polar surface area (TPSA) is 53.9 Å². The first-order valence-electron chi connectivity index (χ1n) is 7.12. The van der Waals surface area contributed by atoms with Crippen molar-refractivity contribution in [3.05, 3.63) is 29.6 Å². The van der Waals surface area contributed by atoms with Crippen molar-refractivity contribution in [2.75, 3.05) is 30.4 Å². The number of anilines is 2. The van der Waals surface area contributed by atoms with E-state index in [0.29, 0.717) is 23.3 Å². The largest absolute Gasteiger partial charge is 0.357 e. The molecule has 0 radical (unpaired) electrons. The van der Waals surface area contributed by atoms with Gasteiger partial charge in [-0.3, -0.25) is 0 Å².